The number of nitrogens with zero attached hydrogens (tertiary/aromatic N) is 3. The summed E-state index contributed by atoms with van der Waals surface area (Å²) in [6.07, 6.45) is 0. The SMILES string of the molecule is c1ccc(-c2ccc(-c3cc(-c4cccc(-c5cccc(-c6nc7ccc8ccccc8c7c7sc8ccccc8c67)c5)c4)nc(-c4ccc(-c5ccccc5)cc4)n3)cc2)cc1. The van der Waals surface area contributed by atoms with Gasteiger partial charge in [-0.25, -0.2) is 15.0 Å². The van der Waals surface area contributed by atoms with E-state index < -0.39 is 0 Å². The molecule has 0 aliphatic carbocycles. The molecule has 0 atom stereocenters. The summed E-state index contributed by atoms with van der Waals surface area (Å²) in [7, 11) is 0. The van der Waals surface area contributed by atoms with Crippen LogP contribution in [0, 0.1) is 0 Å². The first-order valence-electron chi connectivity index (χ1n) is 21.2. The second kappa shape index (κ2) is 15.4. The average Bonchev–Trinajstić information content (AvgIpc) is 3.76. The predicted molar refractivity (Wildman–Crippen MR) is 266 cm³/mol. The minimum Gasteiger partial charge on any atom is -0.247 e. The molecule has 3 nitrogen and oxygen atoms in total. The molecule has 0 amide bonds. The van der Waals surface area contributed by atoms with Gasteiger partial charge in [0.1, 0.15) is 0 Å². The summed E-state index contributed by atoms with van der Waals surface area (Å²) in [5.41, 5.74) is 14.8. The van der Waals surface area contributed by atoms with Crippen LogP contribution in [-0.2, 0) is 0 Å². The molecule has 9 aromatic carbocycles. The standard InChI is InChI=1S/C59H37N3S/c1-3-13-38(14-4-1)40-25-29-43(30-26-40)52-37-53(62-59(61-52)44-31-27-41(28-32-44)39-15-5-2-6-16-39)47-20-11-18-45(35-47)46-19-12-21-48(36-46)57-56-50-23-9-10-24-54(50)63-58(56)55-49-22-8-7-17-42(49)33-34-51(55)60-57/h1-37H. The van der Waals surface area contributed by atoms with Crippen molar-refractivity contribution in [2.24, 2.45) is 0 Å². The van der Waals surface area contributed by atoms with Gasteiger partial charge in [0.25, 0.3) is 0 Å². The normalized spacial score (nSPS) is 11.5. The highest BCUT2D eigenvalue weighted by Gasteiger charge is 2.19. The smallest absolute Gasteiger partial charge is 0.160 e. The van der Waals surface area contributed by atoms with E-state index in [1.165, 1.54) is 53.0 Å². The second-order valence-corrected chi connectivity index (χ2v) is 17.0. The van der Waals surface area contributed by atoms with Crippen LogP contribution in [0.3, 0.4) is 0 Å². The van der Waals surface area contributed by atoms with Crippen LogP contribution in [0.4, 0.5) is 0 Å². The molecule has 0 bridgehead atoms. The zero-order valence-electron chi connectivity index (χ0n) is 34.1. The number of rotatable bonds is 7. The number of benzene rings is 9. The zero-order valence-corrected chi connectivity index (χ0v) is 34.9. The molecule has 294 valence electrons. The van der Waals surface area contributed by atoms with Gasteiger partial charge in [0.2, 0.25) is 0 Å². The Balaban J connectivity index is 0.968. The fourth-order valence-corrected chi connectivity index (χ4v) is 10.2. The lowest BCUT2D eigenvalue weighted by Crippen LogP contribution is -1.96. The van der Waals surface area contributed by atoms with Gasteiger partial charge in [-0.15, -0.1) is 11.3 Å². The first kappa shape index (κ1) is 36.8. The summed E-state index contributed by atoms with van der Waals surface area (Å²) in [5.74, 6) is 0.684. The Morgan fingerprint density at radius 2 is 0.810 bits per heavy atom. The third-order valence-electron chi connectivity index (χ3n) is 12.1. The summed E-state index contributed by atoms with van der Waals surface area (Å²) in [5, 5.41) is 6.13. The van der Waals surface area contributed by atoms with E-state index in [0.29, 0.717) is 5.82 Å². The van der Waals surface area contributed by atoms with Crippen LogP contribution in [0.2, 0.25) is 0 Å². The highest BCUT2D eigenvalue weighted by Crippen LogP contribution is 2.45. The molecule has 0 spiro atoms. The Labute approximate surface area is 369 Å². The molecule has 0 radical (unpaired) electrons. The lowest BCUT2D eigenvalue weighted by atomic mass is 9.96. The number of aromatic nitrogens is 3. The van der Waals surface area contributed by atoms with Gasteiger partial charge < -0.3 is 0 Å². The Morgan fingerprint density at radius 3 is 1.51 bits per heavy atom. The lowest BCUT2D eigenvalue weighted by Gasteiger charge is -2.13. The molecule has 0 fully saturated rings. The Hall–Kier alpha value is -8.05. The van der Waals surface area contributed by atoms with Gasteiger partial charge in [-0.1, -0.05) is 194 Å². The molecule has 12 aromatic rings. The quantitative estimate of drug-likeness (QED) is 0.150. The van der Waals surface area contributed by atoms with Crippen LogP contribution in [0.15, 0.2) is 224 Å². The van der Waals surface area contributed by atoms with E-state index in [1.54, 1.807) is 0 Å². The van der Waals surface area contributed by atoms with E-state index in [9.17, 15) is 0 Å². The highest BCUT2D eigenvalue weighted by molar-refractivity contribution is 7.27. The van der Waals surface area contributed by atoms with Gasteiger partial charge in [0.05, 0.1) is 22.6 Å². The first-order chi connectivity index (χ1) is 31.2. The molecule has 0 aliphatic heterocycles. The minimum absolute atomic E-state index is 0.684. The van der Waals surface area contributed by atoms with Crippen LogP contribution in [0.5, 0.6) is 0 Å². The summed E-state index contributed by atoms with van der Waals surface area (Å²) in [6, 6.07) is 79.6. The highest BCUT2D eigenvalue weighted by atomic mass is 32.1. The average molecular weight is 820 g/mol. The van der Waals surface area contributed by atoms with Gasteiger partial charge in [-0.05, 0) is 74.5 Å². The van der Waals surface area contributed by atoms with Crippen molar-refractivity contribution in [2.75, 3.05) is 0 Å². The largest absolute Gasteiger partial charge is 0.247 e. The lowest BCUT2D eigenvalue weighted by molar-refractivity contribution is 1.18. The van der Waals surface area contributed by atoms with Crippen molar-refractivity contribution in [3.8, 4) is 78.5 Å². The Kier molecular flexibility index (Phi) is 9.02. The van der Waals surface area contributed by atoms with Crippen molar-refractivity contribution in [2.45, 2.75) is 0 Å². The number of hydrogen-bond donors (Lipinski definition) is 0. The topological polar surface area (TPSA) is 38.7 Å². The first-order valence-corrected chi connectivity index (χ1v) is 22.1. The maximum atomic E-state index is 5.46. The number of hydrogen-bond acceptors (Lipinski definition) is 4. The number of fused-ring (bicyclic) bond motifs is 7. The third-order valence-corrected chi connectivity index (χ3v) is 13.3. The van der Waals surface area contributed by atoms with Crippen LogP contribution in [-0.4, -0.2) is 15.0 Å². The molecule has 12 rings (SSSR count). The summed E-state index contributed by atoms with van der Waals surface area (Å²) < 4.78 is 2.54. The van der Waals surface area contributed by atoms with E-state index >= 15 is 0 Å². The molecule has 0 saturated carbocycles. The van der Waals surface area contributed by atoms with Crippen LogP contribution >= 0.6 is 11.3 Å². The molecular weight excluding hydrogens is 783 g/mol. The van der Waals surface area contributed by atoms with Crippen molar-refractivity contribution in [1.29, 1.82) is 0 Å². The summed E-state index contributed by atoms with van der Waals surface area (Å²) in [6.45, 7) is 0. The Bertz CT molecular complexity index is 3550. The summed E-state index contributed by atoms with van der Waals surface area (Å²) in [4.78, 5) is 15.9. The van der Waals surface area contributed by atoms with Gasteiger partial charge in [-0.3, -0.25) is 0 Å². The molecule has 3 heterocycles. The van der Waals surface area contributed by atoms with E-state index in [1.807, 2.05) is 23.5 Å². The maximum absolute atomic E-state index is 5.46. The number of pyridine rings is 1. The van der Waals surface area contributed by atoms with Gasteiger partial charge >= 0.3 is 0 Å². The molecule has 63 heavy (non-hydrogen) atoms. The van der Waals surface area contributed by atoms with E-state index in [0.717, 1.165) is 61.5 Å². The zero-order chi connectivity index (χ0) is 41.7. The van der Waals surface area contributed by atoms with E-state index in [2.05, 4.69) is 212 Å². The van der Waals surface area contributed by atoms with E-state index in [4.69, 9.17) is 15.0 Å². The number of thiophene rings is 1. The van der Waals surface area contributed by atoms with Crippen LogP contribution in [0.25, 0.3) is 120 Å². The van der Waals surface area contributed by atoms with Crippen LogP contribution < -0.4 is 0 Å². The van der Waals surface area contributed by atoms with Crippen molar-refractivity contribution < 1.29 is 0 Å². The fraction of sp³-hybridized carbons (Fsp3) is 0. The van der Waals surface area contributed by atoms with E-state index in [-0.39, 0.29) is 0 Å². The predicted octanol–water partition coefficient (Wildman–Crippen LogP) is 16.2. The molecule has 0 unspecified atom stereocenters. The second-order valence-electron chi connectivity index (χ2n) is 16.0. The molecule has 0 saturated heterocycles. The Morgan fingerprint density at radius 1 is 0.302 bits per heavy atom. The third kappa shape index (κ3) is 6.74. The summed E-state index contributed by atoms with van der Waals surface area (Å²) >= 11 is 1.86. The van der Waals surface area contributed by atoms with Crippen molar-refractivity contribution in [3.63, 3.8) is 0 Å². The van der Waals surface area contributed by atoms with Gasteiger partial charge in [0.15, 0.2) is 5.82 Å². The van der Waals surface area contributed by atoms with Gasteiger partial charge in [-0.2, -0.15) is 0 Å². The molecular formula is C59H37N3S. The van der Waals surface area contributed by atoms with Crippen LogP contribution in [0.1, 0.15) is 0 Å². The molecule has 0 aliphatic rings. The maximum Gasteiger partial charge on any atom is 0.160 e. The molecule has 4 heteroatoms. The monoisotopic (exact) mass is 819 g/mol. The van der Waals surface area contributed by atoms with Crippen molar-refractivity contribution in [3.05, 3.63) is 224 Å². The molecule has 3 aromatic heterocycles. The molecule has 0 N–H and O–H groups in total. The van der Waals surface area contributed by atoms with Crippen molar-refractivity contribution in [1.82, 2.24) is 15.0 Å². The van der Waals surface area contributed by atoms with Crippen molar-refractivity contribution >= 4 is 53.2 Å². The van der Waals surface area contributed by atoms with Gasteiger partial charge in [0, 0.05) is 47.8 Å². The minimum atomic E-state index is 0.684. The fourth-order valence-electron chi connectivity index (χ4n) is 8.92.